The third-order valence-corrected chi connectivity index (χ3v) is 10.6. The average molecular weight is 679 g/mol. The number of aromatic nitrogens is 3. The van der Waals surface area contributed by atoms with Gasteiger partial charge in [0.1, 0.15) is 22.3 Å². The van der Waals surface area contributed by atoms with Gasteiger partial charge in [0.2, 0.25) is 5.95 Å². The molecule has 0 saturated carbocycles. The van der Waals surface area contributed by atoms with E-state index in [0.29, 0.717) is 17.6 Å². The Labute approximate surface area is 302 Å². The maximum Gasteiger partial charge on any atom is 0.238 e. The lowest BCUT2D eigenvalue weighted by atomic mass is 9.88. The van der Waals surface area contributed by atoms with E-state index in [9.17, 15) is 0 Å². The Kier molecular flexibility index (Phi) is 5.68. The third kappa shape index (κ3) is 4.06. The van der Waals surface area contributed by atoms with Crippen molar-refractivity contribution in [1.82, 2.24) is 15.0 Å². The van der Waals surface area contributed by atoms with Gasteiger partial charge in [-0.2, -0.15) is 9.97 Å². The van der Waals surface area contributed by atoms with Crippen LogP contribution in [0.2, 0.25) is 0 Å². The predicted octanol–water partition coefficient (Wildman–Crippen LogP) is 12.8. The number of furan rings is 2. The lowest BCUT2D eigenvalue weighted by Gasteiger charge is -2.32. The molecule has 0 aliphatic carbocycles. The van der Waals surface area contributed by atoms with Gasteiger partial charge < -0.3 is 8.83 Å². The molecule has 8 aromatic carbocycles. The first-order chi connectivity index (χ1) is 26.3. The smallest absolute Gasteiger partial charge is 0.238 e. The largest absolute Gasteiger partial charge is 0.456 e. The maximum absolute atomic E-state index is 6.54. The summed E-state index contributed by atoms with van der Waals surface area (Å²) in [6.07, 6.45) is 0. The highest BCUT2D eigenvalue weighted by molar-refractivity contribution is 6.19. The number of nitrogens with zero attached hydrogens (tertiary/aromatic N) is 4. The van der Waals surface area contributed by atoms with Crippen LogP contribution in [0.15, 0.2) is 167 Å². The molecule has 0 saturated heterocycles. The number of benzene rings is 8. The highest BCUT2D eigenvalue weighted by atomic mass is 16.3. The number of para-hydroxylation sites is 3. The molecule has 0 fully saturated rings. The Bertz CT molecular complexity index is 3320. The standard InChI is InChI=1S/C47H26N4O2/c1-2-13-30-27(10-1)22-24-38-43(30)34-17-7-11-28-12-8-19-37(42(28)34)51(38)47-49-45(29-23-25-41-36(26-29)32-15-4-5-20-39(32)52-41)48-46(50-47)35-18-9-16-33-31-14-3-6-21-40(31)53-44(33)35/h1-26H. The van der Waals surface area contributed by atoms with Crippen LogP contribution in [0.1, 0.15) is 0 Å². The van der Waals surface area contributed by atoms with Gasteiger partial charge in [-0.3, -0.25) is 4.90 Å². The van der Waals surface area contributed by atoms with E-state index in [1.807, 2.05) is 60.7 Å². The van der Waals surface area contributed by atoms with Crippen LogP contribution < -0.4 is 4.90 Å². The molecule has 11 aromatic rings. The molecule has 1 aliphatic heterocycles. The van der Waals surface area contributed by atoms with E-state index in [-0.39, 0.29) is 0 Å². The molecule has 6 nitrogen and oxygen atoms in total. The van der Waals surface area contributed by atoms with Gasteiger partial charge in [0.25, 0.3) is 0 Å². The Hall–Kier alpha value is -7.31. The van der Waals surface area contributed by atoms with Crippen LogP contribution in [0.5, 0.6) is 0 Å². The second-order valence-corrected chi connectivity index (χ2v) is 13.6. The van der Waals surface area contributed by atoms with E-state index >= 15 is 0 Å². The van der Waals surface area contributed by atoms with Crippen LogP contribution in [0.4, 0.5) is 17.3 Å². The lowest BCUT2D eigenvalue weighted by molar-refractivity contribution is 0.669. The van der Waals surface area contributed by atoms with Crippen molar-refractivity contribution in [2.45, 2.75) is 0 Å². The van der Waals surface area contributed by atoms with Crippen LogP contribution in [-0.2, 0) is 0 Å². The number of rotatable bonds is 3. The van der Waals surface area contributed by atoms with Crippen molar-refractivity contribution in [3.8, 4) is 33.9 Å². The molecule has 3 aromatic heterocycles. The second-order valence-electron chi connectivity index (χ2n) is 13.6. The van der Waals surface area contributed by atoms with Gasteiger partial charge in [0.05, 0.1) is 16.9 Å². The van der Waals surface area contributed by atoms with Crippen molar-refractivity contribution >= 4 is 82.7 Å². The zero-order valence-corrected chi connectivity index (χ0v) is 28.1. The second kappa shape index (κ2) is 10.6. The summed E-state index contributed by atoms with van der Waals surface area (Å²) < 4.78 is 12.7. The summed E-state index contributed by atoms with van der Waals surface area (Å²) in [6, 6.07) is 54.5. The molecular weight excluding hydrogens is 653 g/mol. The Morgan fingerprint density at radius 2 is 1.08 bits per heavy atom. The molecular formula is C47H26N4O2. The first-order valence-corrected chi connectivity index (χ1v) is 17.7. The molecule has 0 unspecified atom stereocenters. The molecule has 4 heterocycles. The van der Waals surface area contributed by atoms with Gasteiger partial charge >= 0.3 is 0 Å². The monoisotopic (exact) mass is 678 g/mol. The Morgan fingerprint density at radius 1 is 0.415 bits per heavy atom. The summed E-state index contributed by atoms with van der Waals surface area (Å²) >= 11 is 0. The fourth-order valence-electron chi connectivity index (χ4n) is 8.29. The van der Waals surface area contributed by atoms with Crippen LogP contribution in [0.25, 0.3) is 99.3 Å². The highest BCUT2D eigenvalue weighted by Crippen LogP contribution is 2.52. The van der Waals surface area contributed by atoms with Crippen molar-refractivity contribution in [2.75, 3.05) is 4.90 Å². The van der Waals surface area contributed by atoms with Gasteiger partial charge in [0.15, 0.2) is 11.6 Å². The van der Waals surface area contributed by atoms with Gasteiger partial charge in [-0.05, 0) is 70.3 Å². The molecule has 0 atom stereocenters. The summed E-state index contributed by atoms with van der Waals surface area (Å²) in [5.74, 6) is 1.60. The van der Waals surface area contributed by atoms with Crippen molar-refractivity contribution in [3.63, 3.8) is 0 Å². The first kappa shape index (κ1) is 28.4. The normalized spacial score (nSPS) is 12.5. The van der Waals surface area contributed by atoms with Crippen molar-refractivity contribution in [3.05, 3.63) is 158 Å². The fraction of sp³-hybridized carbons (Fsp3) is 0. The van der Waals surface area contributed by atoms with E-state index in [1.54, 1.807) is 0 Å². The van der Waals surface area contributed by atoms with Crippen molar-refractivity contribution in [2.24, 2.45) is 0 Å². The molecule has 0 spiro atoms. The summed E-state index contributed by atoms with van der Waals surface area (Å²) in [6.45, 7) is 0. The van der Waals surface area contributed by atoms with Crippen LogP contribution in [0, 0.1) is 0 Å². The predicted molar refractivity (Wildman–Crippen MR) is 214 cm³/mol. The van der Waals surface area contributed by atoms with E-state index in [1.165, 1.54) is 16.3 Å². The maximum atomic E-state index is 6.54. The first-order valence-electron chi connectivity index (χ1n) is 17.7. The van der Waals surface area contributed by atoms with Gasteiger partial charge in [-0.1, -0.05) is 109 Å². The summed E-state index contributed by atoms with van der Waals surface area (Å²) in [7, 11) is 0. The topological polar surface area (TPSA) is 68.2 Å². The number of anilines is 3. The third-order valence-electron chi connectivity index (χ3n) is 10.6. The zero-order chi connectivity index (χ0) is 34.6. The van der Waals surface area contributed by atoms with E-state index in [2.05, 4.69) is 102 Å². The average Bonchev–Trinajstić information content (AvgIpc) is 3.79. The minimum atomic E-state index is 0.522. The van der Waals surface area contributed by atoms with E-state index < -0.39 is 0 Å². The summed E-state index contributed by atoms with van der Waals surface area (Å²) in [5.41, 5.74) is 9.26. The zero-order valence-electron chi connectivity index (χ0n) is 28.1. The van der Waals surface area contributed by atoms with Crippen molar-refractivity contribution < 1.29 is 8.83 Å². The molecule has 6 heteroatoms. The quantitative estimate of drug-likeness (QED) is 0.185. The Balaban J connectivity index is 1.18. The minimum Gasteiger partial charge on any atom is -0.456 e. The number of hydrogen-bond acceptors (Lipinski definition) is 6. The number of fused-ring (bicyclic) bond motifs is 10. The lowest BCUT2D eigenvalue weighted by Crippen LogP contribution is -2.19. The van der Waals surface area contributed by atoms with Crippen LogP contribution in [-0.4, -0.2) is 15.0 Å². The van der Waals surface area contributed by atoms with Gasteiger partial charge in [-0.25, -0.2) is 4.98 Å². The highest BCUT2D eigenvalue weighted by Gasteiger charge is 2.30. The van der Waals surface area contributed by atoms with Crippen LogP contribution >= 0.6 is 0 Å². The molecule has 1 aliphatic rings. The molecule has 0 amide bonds. The summed E-state index contributed by atoms with van der Waals surface area (Å²) in [4.78, 5) is 18.1. The van der Waals surface area contributed by atoms with E-state index in [4.69, 9.17) is 23.8 Å². The molecule has 0 bridgehead atoms. The minimum absolute atomic E-state index is 0.522. The molecule has 0 radical (unpaired) electrons. The molecule has 0 N–H and O–H groups in total. The van der Waals surface area contributed by atoms with Crippen molar-refractivity contribution in [1.29, 1.82) is 0 Å². The molecule has 246 valence electrons. The SMILES string of the molecule is c1ccc2c3c(ccc2c1)N(c1nc(-c2ccc4oc5ccccc5c4c2)nc(-c2cccc4c2oc2ccccc24)n1)c1cccc2cccc-3c12. The summed E-state index contributed by atoms with van der Waals surface area (Å²) in [5, 5.41) is 8.79. The van der Waals surface area contributed by atoms with E-state index in [0.717, 1.165) is 82.7 Å². The van der Waals surface area contributed by atoms with Gasteiger partial charge in [-0.15, -0.1) is 0 Å². The fourth-order valence-corrected chi connectivity index (χ4v) is 8.29. The van der Waals surface area contributed by atoms with Crippen LogP contribution in [0.3, 0.4) is 0 Å². The Morgan fingerprint density at radius 3 is 1.96 bits per heavy atom. The van der Waals surface area contributed by atoms with Gasteiger partial charge in [0, 0.05) is 38.1 Å². The molecule has 12 rings (SSSR count). The molecule has 53 heavy (non-hydrogen) atoms. The number of hydrogen-bond donors (Lipinski definition) is 0.